The molecule has 1 N–H and O–H groups in total. The predicted octanol–water partition coefficient (Wildman–Crippen LogP) is 3.41. The van der Waals surface area contributed by atoms with Crippen LogP contribution in [0.4, 0.5) is 0 Å². The Kier molecular flexibility index (Phi) is 1.95. The zero-order valence-electron chi connectivity index (χ0n) is 7.87. The number of hydrogen-bond acceptors (Lipinski definition) is 2. The van der Waals surface area contributed by atoms with Gasteiger partial charge in [-0.05, 0) is 36.8 Å². The molecule has 0 radical (unpaired) electrons. The third-order valence-corrected chi connectivity index (χ3v) is 5.13. The first-order valence-corrected chi connectivity index (χ1v) is 6.40. The largest absolute Gasteiger partial charge is 0.384 e. The molecule has 2 aliphatic rings. The number of thiophene rings is 1. The van der Waals surface area contributed by atoms with Crippen molar-refractivity contribution in [1.29, 1.82) is 0 Å². The molecule has 2 aliphatic carbocycles. The second-order valence-electron chi connectivity index (χ2n) is 4.43. The van der Waals surface area contributed by atoms with E-state index in [4.69, 9.17) is 11.6 Å². The highest BCUT2D eigenvalue weighted by Crippen LogP contribution is 2.65. The van der Waals surface area contributed by atoms with Crippen LogP contribution in [0.2, 0.25) is 4.34 Å². The summed E-state index contributed by atoms with van der Waals surface area (Å²) in [7, 11) is 0. The van der Waals surface area contributed by atoms with Crippen molar-refractivity contribution in [2.24, 2.45) is 11.8 Å². The Labute approximate surface area is 92.7 Å². The van der Waals surface area contributed by atoms with Crippen molar-refractivity contribution in [3.05, 3.63) is 21.3 Å². The van der Waals surface area contributed by atoms with Crippen LogP contribution in [-0.4, -0.2) is 5.11 Å². The lowest BCUT2D eigenvalue weighted by Gasteiger charge is -2.06. The van der Waals surface area contributed by atoms with Crippen LogP contribution in [0.3, 0.4) is 0 Å². The molecule has 0 saturated heterocycles. The maximum atomic E-state index is 10.5. The average Bonchev–Trinajstić information content (AvgIpc) is 2.57. The van der Waals surface area contributed by atoms with Gasteiger partial charge in [0.1, 0.15) is 5.60 Å². The van der Waals surface area contributed by atoms with Crippen molar-refractivity contribution < 1.29 is 5.11 Å². The van der Waals surface area contributed by atoms with E-state index in [1.54, 1.807) is 0 Å². The van der Waals surface area contributed by atoms with Crippen LogP contribution in [0.15, 0.2) is 12.1 Å². The smallest absolute Gasteiger partial charge is 0.105 e. The maximum absolute atomic E-state index is 10.5. The second kappa shape index (κ2) is 2.97. The number of fused-ring (bicyclic) bond motifs is 1. The molecule has 3 rings (SSSR count). The molecule has 1 nitrogen and oxygen atoms in total. The molecule has 0 aliphatic heterocycles. The van der Waals surface area contributed by atoms with Gasteiger partial charge in [-0.3, -0.25) is 0 Å². The summed E-state index contributed by atoms with van der Waals surface area (Å²) in [4.78, 5) is 1.08. The Hall–Kier alpha value is -0.0500. The van der Waals surface area contributed by atoms with Crippen molar-refractivity contribution >= 4 is 22.9 Å². The molecule has 2 saturated carbocycles. The molecule has 3 heteroatoms. The van der Waals surface area contributed by atoms with Crippen LogP contribution >= 0.6 is 22.9 Å². The summed E-state index contributed by atoms with van der Waals surface area (Å²) in [6.07, 6.45) is 4.94. The predicted molar refractivity (Wildman–Crippen MR) is 58.7 cm³/mol. The highest BCUT2D eigenvalue weighted by atomic mass is 35.5. The van der Waals surface area contributed by atoms with Gasteiger partial charge in [-0.15, -0.1) is 11.3 Å². The summed E-state index contributed by atoms with van der Waals surface area (Å²) in [5.74, 6) is 1.04. The fourth-order valence-corrected chi connectivity index (χ4v) is 4.25. The van der Waals surface area contributed by atoms with E-state index in [1.165, 1.54) is 37.0 Å². The van der Waals surface area contributed by atoms with Gasteiger partial charge in [0.05, 0.1) is 4.34 Å². The summed E-state index contributed by atoms with van der Waals surface area (Å²) in [6, 6.07) is 3.88. The minimum Gasteiger partial charge on any atom is -0.384 e. The quantitative estimate of drug-likeness (QED) is 0.781. The van der Waals surface area contributed by atoms with Crippen LogP contribution in [0.5, 0.6) is 0 Å². The minimum absolute atomic E-state index is 0.506. The molecule has 76 valence electrons. The van der Waals surface area contributed by atoms with Gasteiger partial charge in [0.2, 0.25) is 0 Å². The third-order valence-electron chi connectivity index (χ3n) is 3.76. The Morgan fingerprint density at radius 1 is 1.29 bits per heavy atom. The number of hydrogen-bond donors (Lipinski definition) is 1. The highest BCUT2D eigenvalue weighted by Gasteiger charge is 2.65. The third kappa shape index (κ3) is 1.11. The Morgan fingerprint density at radius 3 is 2.43 bits per heavy atom. The monoisotopic (exact) mass is 228 g/mol. The molecule has 0 bridgehead atoms. The van der Waals surface area contributed by atoms with Crippen molar-refractivity contribution in [1.82, 2.24) is 0 Å². The van der Waals surface area contributed by atoms with E-state index in [9.17, 15) is 5.11 Å². The first-order chi connectivity index (χ1) is 6.73. The number of aliphatic hydroxyl groups is 1. The van der Waals surface area contributed by atoms with Gasteiger partial charge < -0.3 is 5.11 Å². The lowest BCUT2D eigenvalue weighted by Crippen LogP contribution is -2.07. The molecule has 2 fully saturated rings. The van der Waals surface area contributed by atoms with E-state index in [2.05, 4.69) is 0 Å². The molecule has 0 spiro atoms. The topological polar surface area (TPSA) is 20.2 Å². The van der Waals surface area contributed by atoms with Crippen LogP contribution < -0.4 is 0 Å². The van der Waals surface area contributed by atoms with Crippen LogP contribution in [0.1, 0.15) is 30.6 Å². The fraction of sp³-hybridized carbons (Fsp3) is 0.636. The van der Waals surface area contributed by atoms with Gasteiger partial charge in [-0.1, -0.05) is 24.4 Å². The maximum Gasteiger partial charge on any atom is 0.105 e. The fourth-order valence-electron chi connectivity index (χ4n) is 2.99. The molecule has 14 heavy (non-hydrogen) atoms. The first-order valence-electron chi connectivity index (χ1n) is 5.21. The molecule has 2 atom stereocenters. The average molecular weight is 229 g/mol. The number of halogens is 1. The van der Waals surface area contributed by atoms with Crippen molar-refractivity contribution in [3.8, 4) is 0 Å². The van der Waals surface area contributed by atoms with E-state index < -0.39 is 5.60 Å². The Morgan fingerprint density at radius 2 is 1.93 bits per heavy atom. The summed E-state index contributed by atoms with van der Waals surface area (Å²) >= 11 is 7.44. The minimum atomic E-state index is -0.506. The van der Waals surface area contributed by atoms with Gasteiger partial charge >= 0.3 is 0 Å². The van der Waals surface area contributed by atoms with Crippen LogP contribution in [-0.2, 0) is 5.60 Å². The summed E-state index contributed by atoms with van der Waals surface area (Å²) in [5.41, 5.74) is -0.506. The van der Waals surface area contributed by atoms with E-state index in [1.807, 2.05) is 12.1 Å². The Balaban J connectivity index is 1.92. The van der Waals surface area contributed by atoms with Crippen LogP contribution in [0.25, 0.3) is 0 Å². The van der Waals surface area contributed by atoms with Gasteiger partial charge in [0.25, 0.3) is 0 Å². The van der Waals surface area contributed by atoms with Crippen LogP contribution in [0, 0.1) is 11.8 Å². The van der Waals surface area contributed by atoms with Crippen molar-refractivity contribution in [3.63, 3.8) is 0 Å². The molecular weight excluding hydrogens is 216 g/mol. The molecule has 1 aromatic heterocycles. The van der Waals surface area contributed by atoms with Gasteiger partial charge in [-0.25, -0.2) is 0 Å². The van der Waals surface area contributed by atoms with E-state index in [0.29, 0.717) is 11.8 Å². The lowest BCUT2D eigenvalue weighted by molar-refractivity contribution is 0.122. The van der Waals surface area contributed by atoms with E-state index >= 15 is 0 Å². The molecule has 1 aromatic rings. The normalized spacial score (nSPS) is 40.7. The Bertz CT molecular complexity index is 348. The lowest BCUT2D eigenvalue weighted by atomic mass is 10.0. The van der Waals surface area contributed by atoms with Gasteiger partial charge in [-0.2, -0.15) is 0 Å². The zero-order chi connectivity index (χ0) is 9.76. The summed E-state index contributed by atoms with van der Waals surface area (Å²) in [5, 5.41) is 10.5. The van der Waals surface area contributed by atoms with Gasteiger partial charge in [0.15, 0.2) is 0 Å². The van der Waals surface area contributed by atoms with Crippen molar-refractivity contribution in [2.75, 3.05) is 0 Å². The zero-order valence-corrected chi connectivity index (χ0v) is 9.44. The molecular formula is C11H13ClOS. The summed E-state index contributed by atoms with van der Waals surface area (Å²) < 4.78 is 0.789. The van der Waals surface area contributed by atoms with Gasteiger partial charge in [0, 0.05) is 4.88 Å². The number of rotatable bonds is 1. The molecule has 2 unspecified atom stereocenters. The molecule has 1 heterocycles. The van der Waals surface area contributed by atoms with E-state index in [-0.39, 0.29) is 0 Å². The SMILES string of the molecule is OC1(c2ccc(Cl)s2)C2CCCCC21. The van der Waals surface area contributed by atoms with E-state index in [0.717, 1.165) is 9.21 Å². The summed E-state index contributed by atoms with van der Waals surface area (Å²) in [6.45, 7) is 0. The van der Waals surface area contributed by atoms with Crippen molar-refractivity contribution in [2.45, 2.75) is 31.3 Å². The first kappa shape index (κ1) is 9.20. The standard InChI is InChI=1S/C11H13ClOS/c12-10-6-5-9(14-10)11(13)7-3-1-2-4-8(7)11/h5-8,13H,1-4H2. The molecule has 0 amide bonds. The highest BCUT2D eigenvalue weighted by molar-refractivity contribution is 7.16. The second-order valence-corrected chi connectivity index (χ2v) is 6.14. The molecule has 0 aromatic carbocycles.